The van der Waals surface area contributed by atoms with E-state index in [9.17, 15) is 19.5 Å². The largest absolute Gasteiger partial charge is 0.462 e. The van der Waals surface area contributed by atoms with Crippen molar-refractivity contribution in [3.63, 3.8) is 0 Å². The van der Waals surface area contributed by atoms with Crippen LogP contribution in [-0.2, 0) is 19.1 Å². The fourth-order valence-electron chi connectivity index (χ4n) is 9.58. The summed E-state index contributed by atoms with van der Waals surface area (Å²) >= 11 is 0. The van der Waals surface area contributed by atoms with E-state index in [2.05, 4.69) is 13.8 Å². The molecule has 0 radical (unpaired) electrons. The molecule has 0 bridgehead atoms. The summed E-state index contributed by atoms with van der Waals surface area (Å²) in [6.45, 7) is 10.4. The van der Waals surface area contributed by atoms with Crippen molar-refractivity contribution < 1.29 is 24.2 Å². The van der Waals surface area contributed by atoms with Crippen molar-refractivity contribution in [1.82, 2.24) is 0 Å². The van der Waals surface area contributed by atoms with Gasteiger partial charge in [0.05, 0.1) is 18.6 Å². The number of carbonyl (C=O) groups is 3. The molecule has 37 heavy (non-hydrogen) atoms. The molecule has 4 saturated carbocycles. The summed E-state index contributed by atoms with van der Waals surface area (Å²) in [6, 6.07) is -0.934. The number of hydrogen-bond acceptors (Lipinski definition) is 6. The summed E-state index contributed by atoms with van der Waals surface area (Å²) < 4.78 is 6.09. The molecule has 0 aliphatic heterocycles. The number of ether oxygens (including phenoxy) is 1. The Kier molecular flexibility index (Phi) is 8.60. The molecule has 10 atom stereocenters. The van der Waals surface area contributed by atoms with E-state index in [0.29, 0.717) is 30.0 Å². The van der Waals surface area contributed by atoms with Gasteiger partial charge in [-0.2, -0.15) is 0 Å². The number of Topliss-reactive ketones (excluding diaryl/α,β-unsaturated/α-hetero) is 2. The van der Waals surface area contributed by atoms with Crippen molar-refractivity contribution in [3.05, 3.63) is 0 Å². The Labute approximate surface area is 223 Å². The van der Waals surface area contributed by atoms with Crippen LogP contribution in [0.25, 0.3) is 0 Å². The van der Waals surface area contributed by atoms with Gasteiger partial charge in [-0.1, -0.05) is 27.7 Å². The van der Waals surface area contributed by atoms with Crippen molar-refractivity contribution in [2.75, 3.05) is 6.61 Å². The van der Waals surface area contributed by atoms with Crippen molar-refractivity contribution in [2.45, 2.75) is 117 Å². The van der Waals surface area contributed by atoms with E-state index in [1.54, 1.807) is 6.92 Å². The number of nitrogens with two attached hydrogens (primary N) is 1. The van der Waals surface area contributed by atoms with Gasteiger partial charge in [-0.05, 0) is 112 Å². The number of rotatable bonds is 9. The van der Waals surface area contributed by atoms with E-state index in [1.807, 2.05) is 13.8 Å². The van der Waals surface area contributed by atoms with Crippen molar-refractivity contribution in [3.8, 4) is 0 Å². The van der Waals surface area contributed by atoms with Gasteiger partial charge < -0.3 is 15.6 Å². The molecule has 4 fully saturated rings. The second-order valence-corrected chi connectivity index (χ2v) is 14.1. The number of ketones is 2. The Morgan fingerprint density at radius 1 is 0.973 bits per heavy atom. The van der Waals surface area contributed by atoms with Gasteiger partial charge in [-0.25, -0.2) is 0 Å². The van der Waals surface area contributed by atoms with Gasteiger partial charge in [0.25, 0.3) is 0 Å². The lowest BCUT2D eigenvalue weighted by Gasteiger charge is -2.61. The SMILES string of the molecule is CC(=O)[C@H]1CC[C@H]2[C@@H]3CC[C@H]4C[C@H](OC(=O)[C@@H](CC(=O)[C@@H](N)CO)CC(C)C)CC[C@]4(C)[C@H]3CC[C@]12C. The number of carbonyl (C=O) groups excluding carboxylic acids is 3. The molecule has 0 heterocycles. The van der Waals surface area contributed by atoms with E-state index in [1.165, 1.54) is 32.1 Å². The van der Waals surface area contributed by atoms with E-state index in [-0.39, 0.29) is 46.9 Å². The second-order valence-electron chi connectivity index (χ2n) is 14.1. The molecule has 6 heteroatoms. The van der Waals surface area contributed by atoms with Gasteiger partial charge in [0.1, 0.15) is 11.9 Å². The molecule has 0 aromatic rings. The monoisotopic (exact) mass is 517 g/mol. The summed E-state index contributed by atoms with van der Waals surface area (Å²) in [6.07, 6.45) is 10.5. The Balaban J connectivity index is 1.40. The highest BCUT2D eigenvalue weighted by Crippen LogP contribution is 2.67. The average Bonchev–Trinajstić information content (AvgIpc) is 3.20. The summed E-state index contributed by atoms with van der Waals surface area (Å²) in [5, 5.41) is 9.24. The van der Waals surface area contributed by atoms with Crippen LogP contribution < -0.4 is 5.73 Å². The van der Waals surface area contributed by atoms with Crippen molar-refractivity contribution in [1.29, 1.82) is 0 Å². The number of hydrogen-bond donors (Lipinski definition) is 2. The molecule has 0 unspecified atom stereocenters. The first-order valence-corrected chi connectivity index (χ1v) is 15.0. The van der Waals surface area contributed by atoms with Gasteiger partial charge in [0.15, 0.2) is 5.78 Å². The number of fused-ring (bicyclic) bond motifs is 5. The van der Waals surface area contributed by atoms with E-state index < -0.39 is 18.6 Å². The summed E-state index contributed by atoms with van der Waals surface area (Å²) in [4.78, 5) is 38.0. The number of aliphatic hydroxyl groups excluding tert-OH is 1. The fraction of sp³-hybridized carbons (Fsp3) is 0.903. The lowest BCUT2D eigenvalue weighted by atomic mass is 9.44. The van der Waals surface area contributed by atoms with Gasteiger partial charge in [-0.3, -0.25) is 14.4 Å². The summed E-state index contributed by atoms with van der Waals surface area (Å²) in [7, 11) is 0. The second kappa shape index (κ2) is 11.1. The maximum atomic E-state index is 13.2. The zero-order valence-electron chi connectivity index (χ0n) is 23.8. The minimum absolute atomic E-state index is 0.0395. The van der Waals surface area contributed by atoms with E-state index >= 15 is 0 Å². The number of aliphatic hydroxyl groups is 1. The Morgan fingerprint density at radius 3 is 2.30 bits per heavy atom. The zero-order valence-corrected chi connectivity index (χ0v) is 23.8. The third-order valence-electron chi connectivity index (χ3n) is 11.5. The van der Waals surface area contributed by atoms with Crippen LogP contribution in [0.15, 0.2) is 0 Å². The molecule has 0 aromatic carbocycles. The summed E-state index contributed by atoms with van der Waals surface area (Å²) in [5.41, 5.74) is 6.18. The molecule has 0 saturated heterocycles. The molecule has 0 amide bonds. The lowest BCUT2D eigenvalue weighted by molar-refractivity contribution is -0.168. The Hall–Kier alpha value is -1.27. The lowest BCUT2D eigenvalue weighted by Crippen LogP contribution is -2.54. The first-order valence-electron chi connectivity index (χ1n) is 15.0. The van der Waals surface area contributed by atoms with Gasteiger partial charge in [0, 0.05) is 12.3 Å². The molecule has 4 aliphatic rings. The standard InChI is InChI=1S/C31H51NO5/c1-18(2)14-20(15-28(35)27(32)17-33)29(36)37-22-10-12-30(4)21(16-22)6-7-23-25-9-8-24(19(3)34)31(25,5)13-11-26(23)30/h18,20-27,33H,6-17,32H2,1-5H3/t20-,21+,22-,23+,24-,25+,26+,27+,30+,31-/m1/s1. The topological polar surface area (TPSA) is 107 Å². The third-order valence-corrected chi connectivity index (χ3v) is 11.5. The normalized spacial score (nSPS) is 40.8. The maximum absolute atomic E-state index is 13.2. The first kappa shape index (κ1) is 28.7. The first-order chi connectivity index (χ1) is 17.4. The van der Waals surface area contributed by atoms with E-state index in [4.69, 9.17) is 10.5 Å². The molecule has 3 N–H and O–H groups in total. The molecule has 4 rings (SSSR count). The minimum Gasteiger partial charge on any atom is -0.462 e. The quantitative estimate of drug-likeness (QED) is 0.413. The summed E-state index contributed by atoms with van der Waals surface area (Å²) in [5.74, 6) is 2.51. The molecular weight excluding hydrogens is 466 g/mol. The smallest absolute Gasteiger partial charge is 0.309 e. The van der Waals surface area contributed by atoms with Gasteiger partial charge in [0.2, 0.25) is 0 Å². The van der Waals surface area contributed by atoms with Crippen LogP contribution in [0, 0.1) is 52.3 Å². The highest BCUT2D eigenvalue weighted by atomic mass is 16.5. The molecular formula is C31H51NO5. The minimum atomic E-state index is -0.934. The van der Waals surface area contributed by atoms with Crippen LogP contribution in [0.2, 0.25) is 0 Å². The van der Waals surface area contributed by atoms with Crippen molar-refractivity contribution in [2.24, 2.45) is 58.0 Å². The predicted molar refractivity (Wildman–Crippen MR) is 143 cm³/mol. The fourth-order valence-corrected chi connectivity index (χ4v) is 9.58. The molecule has 0 aromatic heterocycles. The molecule has 210 valence electrons. The molecule has 0 spiro atoms. The zero-order chi connectivity index (χ0) is 27.1. The Bertz CT molecular complexity index is 872. The maximum Gasteiger partial charge on any atom is 0.309 e. The number of esters is 1. The van der Waals surface area contributed by atoms with Gasteiger partial charge >= 0.3 is 5.97 Å². The highest BCUT2D eigenvalue weighted by molar-refractivity contribution is 5.88. The Morgan fingerprint density at radius 2 is 1.65 bits per heavy atom. The van der Waals surface area contributed by atoms with Crippen LogP contribution in [0.4, 0.5) is 0 Å². The van der Waals surface area contributed by atoms with Crippen LogP contribution >= 0.6 is 0 Å². The molecule has 4 aliphatic carbocycles. The third kappa shape index (κ3) is 5.44. The van der Waals surface area contributed by atoms with Gasteiger partial charge in [-0.15, -0.1) is 0 Å². The molecule has 6 nitrogen and oxygen atoms in total. The van der Waals surface area contributed by atoms with Crippen LogP contribution in [-0.4, -0.2) is 41.4 Å². The van der Waals surface area contributed by atoms with Crippen LogP contribution in [0.3, 0.4) is 0 Å². The van der Waals surface area contributed by atoms with E-state index in [0.717, 1.165) is 31.6 Å². The predicted octanol–water partition coefficient (Wildman–Crippen LogP) is 5.09. The van der Waals surface area contributed by atoms with Crippen LogP contribution in [0.1, 0.15) is 105 Å². The average molecular weight is 518 g/mol. The van der Waals surface area contributed by atoms with Crippen LogP contribution in [0.5, 0.6) is 0 Å². The highest BCUT2D eigenvalue weighted by Gasteiger charge is 2.61. The van der Waals surface area contributed by atoms with Crippen molar-refractivity contribution >= 4 is 17.5 Å².